The molecule has 1 aromatic carbocycles. The number of anilines is 1. The van der Waals surface area contributed by atoms with Crippen LogP contribution in [0.4, 0.5) is 5.82 Å². The average molecular weight is 612 g/mol. The first-order valence-electron chi connectivity index (χ1n) is 14.4. The minimum absolute atomic E-state index is 0.257. The van der Waals surface area contributed by atoms with Crippen molar-refractivity contribution in [1.82, 2.24) is 29.0 Å². The van der Waals surface area contributed by atoms with Crippen LogP contribution in [0.3, 0.4) is 0 Å². The van der Waals surface area contributed by atoms with Gasteiger partial charge in [-0.2, -0.15) is 5.10 Å². The van der Waals surface area contributed by atoms with Crippen molar-refractivity contribution in [3.05, 3.63) is 35.3 Å². The molecule has 12 nitrogen and oxygen atoms in total. The molecule has 42 heavy (non-hydrogen) atoms. The van der Waals surface area contributed by atoms with Crippen LogP contribution in [0.15, 0.2) is 30.5 Å². The van der Waals surface area contributed by atoms with Crippen molar-refractivity contribution in [1.29, 1.82) is 0 Å². The van der Waals surface area contributed by atoms with Crippen LogP contribution in [0.25, 0.3) is 32.5 Å². The summed E-state index contributed by atoms with van der Waals surface area (Å²) in [6.07, 6.45) is 4.93. The molecule has 0 radical (unpaired) electrons. The molecule has 224 valence electrons. The third kappa shape index (κ3) is 6.48. The van der Waals surface area contributed by atoms with Crippen LogP contribution in [0.5, 0.6) is 0 Å². The molecule has 2 fully saturated rings. The molecule has 6 rings (SSSR count). The highest BCUT2D eigenvalue weighted by atomic mass is 32.2. The molecule has 2 aliphatic rings. The van der Waals surface area contributed by atoms with Gasteiger partial charge in [0.2, 0.25) is 5.91 Å². The predicted molar refractivity (Wildman–Crippen MR) is 163 cm³/mol. The van der Waals surface area contributed by atoms with Gasteiger partial charge in [-0.1, -0.05) is 18.6 Å². The number of thiophene rings is 1. The molecule has 5 heterocycles. The first kappa shape index (κ1) is 29.1. The second-order valence-corrected chi connectivity index (χ2v) is 12.8. The molecule has 3 aromatic heterocycles. The number of rotatable bonds is 11. The number of piperazine rings is 1. The van der Waals surface area contributed by atoms with Gasteiger partial charge in [0, 0.05) is 85.9 Å². The van der Waals surface area contributed by atoms with Crippen molar-refractivity contribution in [3.63, 3.8) is 0 Å². The number of unbranched alkanes of at least 4 members (excludes halogenated alkanes) is 2. The Labute approximate surface area is 250 Å². The van der Waals surface area contributed by atoms with Gasteiger partial charge in [-0.05, 0) is 25.0 Å². The number of hydrogen-bond donors (Lipinski definition) is 1. The lowest BCUT2D eigenvalue weighted by Crippen LogP contribution is -2.46. The van der Waals surface area contributed by atoms with E-state index < -0.39 is 11.3 Å². The SMILES string of the molecule is NC(=O)CCCCCn1ncc2c(-c3nc(N4CCOCC4)c4sc(CN5CCN(S(=O)[O-])CC5)cc4n3)cccc21. The number of carbonyl (C=O) groups excluding carboxylic acids is 1. The summed E-state index contributed by atoms with van der Waals surface area (Å²) < 4.78 is 32.8. The van der Waals surface area contributed by atoms with Gasteiger partial charge in [0.25, 0.3) is 0 Å². The molecule has 2 saturated heterocycles. The van der Waals surface area contributed by atoms with E-state index in [1.54, 1.807) is 11.3 Å². The van der Waals surface area contributed by atoms with Gasteiger partial charge in [-0.25, -0.2) is 14.3 Å². The number of carbonyl (C=O) groups is 1. The number of primary amides is 1. The fraction of sp³-hybridized carbons (Fsp3) is 0.500. The number of morpholine rings is 1. The number of amides is 1. The van der Waals surface area contributed by atoms with Crippen molar-refractivity contribution in [2.75, 3.05) is 57.4 Å². The van der Waals surface area contributed by atoms with Gasteiger partial charge in [0.15, 0.2) is 11.6 Å². The van der Waals surface area contributed by atoms with Crippen LogP contribution >= 0.6 is 11.3 Å². The minimum atomic E-state index is -2.16. The number of benzene rings is 1. The molecule has 1 atom stereocenters. The van der Waals surface area contributed by atoms with E-state index >= 15 is 0 Å². The quantitative estimate of drug-likeness (QED) is 0.200. The highest BCUT2D eigenvalue weighted by molar-refractivity contribution is 7.76. The van der Waals surface area contributed by atoms with Gasteiger partial charge >= 0.3 is 0 Å². The van der Waals surface area contributed by atoms with E-state index in [4.69, 9.17) is 20.4 Å². The maximum absolute atomic E-state index is 11.3. The second-order valence-electron chi connectivity index (χ2n) is 10.7. The van der Waals surface area contributed by atoms with Crippen LogP contribution < -0.4 is 10.6 Å². The smallest absolute Gasteiger partial charge is 0.217 e. The lowest BCUT2D eigenvalue weighted by Gasteiger charge is -2.34. The number of nitrogens with two attached hydrogens (primary N) is 1. The summed E-state index contributed by atoms with van der Waals surface area (Å²) in [5, 5.41) is 5.68. The van der Waals surface area contributed by atoms with Gasteiger partial charge in [0.1, 0.15) is 0 Å². The molecule has 2 aliphatic heterocycles. The maximum atomic E-state index is 11.3. The molecule has 0 bridgehead atoms. The zero-order valence-corrected chi connectivity index (χ0v) is 25.1. The number of hydrogen-bond acceptors (Lipinski definition) is 10. The Balaban J connectivity index is 1.29. The molecule has 1 amide bonds. The molecular weight excluding hydrogens is 576 g/mol. The van der Waals surface area contributed by atoms with E-state index in [1.807, 2.05) is 16.9 Å². The lowest BCUT2D eigenvalue weighted by atomic mass is 10.1. The lowest BCUT2D eigenvalue weighted by molar-refractivity contribution is -0.118. The Kier molecular flexibility index (Phi) is 9.07. The van der Waals surface area contributed by atoms with E-state index in [-0.39, 0.29) is 5.91 Å². The second kappa shape index (κ2) is 13.1. The summed E-state index contributed by atoms with van der Waals surface area (Å²) in [5.41, 5.74) is 8.16. The zero-order valence-electron chi connectivity index (χ0n) is 23.4. The molecule has 0 aliphatic carbocycles. The average Bonchev–Trinajstić information content (AvgIpc) is 3.60. The number of ether oxygens (including phenoxy) is 1. The van der Waals surface area contributed by atoms with E-state index in [0.29, 0.717) is 51.6 Å². The highest BCUT2D eigenvalue weighted by Gasteiger charge is 2.23. The Morgan fingerprint density at radius 3 is 2.64 bits per heavy atom. The predicted octanol–water partition coefficient (Wildman–Crippen LogP) is 2.50. The van der Waals surface area contributed by atoms with Crippen molar-refractivity contribution >= 4 is 55.4 Å². The van der Waals surface area contributed by atoms with Gasteiger partial charge in [-0.3, -0.25) is 18.6 Å². The van der Waals surface area contributed by atoms with Crippen molar-refractivity contribution in [2.45, 2.75) is 38.8 Å². The van der Waals surface area contributed by atoms with Crippen LogP contribution in [-0.4, -0.2) is 96.1 Å². The molecule has 1 unspecified atom stereocenters. The summed E-state index contributed by atoms with van der Waals surface area (Å²) >= 11 is -0.447. The molecule has 2 N–H and O–H groups in total. The number of aromatic nitrogens is 4. The third-order valence-electron chi connectivity index (χ3n) is 7.86. The fourth-order valence-electron chi connectivity index (χ4n) is 5.62. The van der Waals surface area contributed by atoms with Crippen LogP contribution in [0.1, 0.15) is 30.6 Å². The minimum Gasteiger partial charge on any atom is -0.760 e. The normalized spacial score (nSPS) is 17.8. The standard InChI is InChI=1S/C28H36N8O4S2/c29-25(37)7-2-1-3-8-36-24-6-4-5-21(22(24)18-30-36)27-31-23-17-20(19-33-9-11-35(12-10-33)42(38)39)41-26(23)28(32-27)34-13-15-40-16-14-34/h4-6,17-18H,1-3,7-16,19H2,(H2,29,37)(H,38,39)/p-1. The third-order valence-corrected chi connectivity index (χ3v) is 9.75. The molecule has 0 saturated carbocycles. The fourth-order valence-corrected chi connectivity index (χ4v) is 7.24. The maximum Gasteiger partial charge on any atom is 0.217 e. The summed E-state index contributed by atoms with van der Waals surface area (Å²) in [5.74, 6) is 1.35. The topological polar surface area (TPSA) is 146 Å². The molecule has 4 aromatic rings. The highest BCUT2D eigenvalue weighted by Crippen LogP contribution is 2.36. The Hall–Kier alpha value is -3.01. The van der Waals surface area contributed by atoms with Crippen molar-refractivity contribution in [3.8, 4) is 11.4 Å². The van der Waals surface area contributed by atoms with Gasteiger partial charge < -0.3 is 19.9 Å². The van der Waals surface area contributed by atoms with E-state index in [2.05, 4.69) is 33.1 Å². The summed E-state index contributed by atoms with van der Waals surface area (Å²) in [7, 11) is 0. The number of aryl methyl sites for hydroxylation is 1. The Morgan fingerprint density at radius 1 is 1.07 bits per heavy atom. The number of nitrogens with zero attached hydrogens (tertiary/aromatic N) is 7. The van der Waals surface area contributed by atoms with Gasteiger partial charge in [0.05, 0.1) is 35.1 Å². The van der Waals surface area contributed by atoms with Crippen LogP contribution in [0.2, 0.25) is 0 Å². The summed E-state index contributed by atoms with van der Waals surface area (Å²) in [6, 6.07) is 8.31. The molecular formula is C28H35N8O4S2-. The summed E-state index contributed by atoms with van der Waals surface area (Å²) in [6.45, 7) is 6.79. The van der Waals surface area contributed by atoms with Crippen molar-refractivity contribution in [2.24, 2.45) is 5.73 Å². The van der Waals surface area contributed by atoms with Crippen LogP contribution in [0, 0.1) is 0 Å². The molecule has 14 heteroatoms. The number of fused-ring (bicyclic) bond motifs is 2. The van der Waals surface area contributed by atoms with E-state index in [1.165, 1.54) is 9.18 Å². The van der Waals surface area contributed by atoms with Gasteiger partial charge in [-0.15, -0.1) is 11.3 Å². The zero-order chi connectivity index (χ0) is 29.1. The largest absolute Gasteiger partial charge is 0.760 e. The van der Waals surface area contributed by atoms with E-state index in [9.17, 15) is 13.6 Å². The Bertz CT molecular complexity index is 1580. The first-order valence-corrected chi connectivity index (χ1v) is 16.2. The first-order chi connectivity index (χ1) is 20.5. The van der Waals surface area contributed by atoms with Crippen molar-refractivity contribution < 1.29 is 18.3 Å². The van der Waals surface area contributed by atoms with E-state index in [0.717, 1.165) is 77.9 Å². The molecule has 0 spiro atoms. The monoisotopic (exact) mass is 611 g/mol. The Morgan fingerprint density at radius 2 is 1.88 bits per heavy atom. The summed E-state index contributed by atoms with van der Waals surface area (Å²) in [4.78, 5) is 27.0. The van der Waals surface area contributed by atoms with Crippen LogP contribution in [-0.2, 0) is 33.9 Å².